The van der Waals surface area contributed by atoms with E-state index in [4.69, 9.17) is 11.6 Å². The van der Waals surface area contributed by atoms with Crippen molar-refractivity contribution in [1.82, 2.24) is 0 Å². The number of halogens is 2. The van der Waals surface area contributed by atoms with Gasteiger partial charge in [0.25, 0.3) is 0 Å². The number of carbonyl (C=O) groups excluding carboxylic acids is 1. The van der Waals surface area contributed by atoms with Crippen molar-refractivity contribution in [1.29, 1.82) is 0 Å². The first-order chi connectivity index (χ1) is 6.15. The van der Waals surface area contributed by atoms with E-state index in [0.717, 1.165) is 3.57 Å². The Bertz CT molecular complexity index is 347. The zero-order valence-electron chi connectivity index (χ0n) is 6.89. The van der Waals surface area contributed by atoms with Crippen LogP contribution in [0.3, 0.4) is 0 Å². The number of ketones is 1. The summed E-state index contributed by atoms with van der Waals surface area (Å²) in [5, 5.41) is 0.621. The van der Waals surface area contributed by atoms with Gasteiger partial charge in [-0.1, -0.05) is 23.7 Å². The van der Waals surface area contributed by atoms with Crippen molar-refractivity contribution in [3.8, 4) is 0 Å². The Morgan fingerprint density at radius 2 is 2.31 bits per heavy atom. The molecule has 1 aromatic carbocycles. The summed E-state index contributed by atoms with van der Waals surface area (Å²) in [7, 11) is 0. The summed E-state index contributed by atoms with van der Waals surface area (Å²) in [6.45, 7) is 3.51. The lowest BCUT2D eigenvalue weighted by Gasteiger charge is -2.00. The van der Waals surface area contributed by atoms with Gasteiger partial charge >= 0.3 is 0 Å². The molecule has 0 aliphatic carbocycles. The number of Topliss-reactive ketones (excluding diaryl/α,β-unsaturated/α-hetero) is 1. The molecule has 13 heavy (non-hydrogen) atoms. The van der Waals surface area contributed by atoms with E-state index >= 15 is 0 Å². The molecule has 1 nitrogen and oxygen atoms in total. The van der Waals surface area contributed by atoms with Crippen LogP contribution >= 0.6 is 34.2 Å². The molecular formula is C10H8ClIO. The molecule has 0 unspecified atom stereocenters. The van der Waals surface area contributed by atoms with Gasteiger partial charge in [0.2, 0.25) is 0 Å². The third kappa shape index (κ3) is 2.81. The van der Waals surface area contributed by atoms with Crippen LogP contribution in [0, 0.1) is 3.57 Å². The highest BCUT2D eigenvalue weighted by Gasteiger charge is 2.05. The molecule has 0 heterocycles. The average Bonchev–Trinajstić information content (AvgIpc) is 2.10. The maximum Gasteiger partial charge on any atom is 0.166 e. The van der Waals surface area contributed by atoms with Gasteiger partial charge in [-0.05, 0) is 34.7 Å². The van der Waals surface area contributed by atoms with E-state index in [1.807, 2.05) is 6.07 Å². The molecule has 3 heteroatoms. The predicted octanol–water partition coefficient (Wildman–Crippen LogP) is 3.70. The molecule has 68 valence electrons. The first-order valence-corrected chi connectivity index (χ1v) is 5.20. The minimum Gasteiger partial charge on any atom is -0.294 e. The van der Waals surface area contributed by atoms with E-state index in [1.54, 1.807) is 18.2 Å². The van der Waals surface area contributed by atoms with Crippen LogP contribution in [-0.4, -0.2) is 5.78 Å². The van der Waals surface area contributed by atoms with Crippen LogP contribution < -0.4 is 0 Å². The zero-order valence-corrected chi connectivity index (χ0v) is 9.80. The van der Waals surface area contributed by atoms with Crippen molar-refractivity contribution in [3.63, 3.8) is 0 Å². The third-order valence-electron chi connectivity index (χ3n) is 1.57. The molecule has 0 aromatic heterocycles. The molecule has 0 atom stereocenters. The first kappa shape index (κ1) is 10.7. The molecule has 0 aliphatic rings. The van der Waals surface area contributed by atoms with Crippen molar-refractivity contribution in [2.24, 2.45) is 0 Å². The van der Waals surface area contributed by atoms with E-state index in [0.29, 0.717) is 17.0 Å². The Morgan fingerprint density at radius 1 is 1.62 bits per heavy atom. The van der Waals surface area contributed by atoms with Gasteiger partial charge in [-0.25, -0.2) is 0 Å². The predicted molar refractivity (Wildman–Crippen MR) is 63.3 cm³/mol. The van der Waals surface area contributed by atoms with Gasteiger partial charge < -0.3 is 0 Å². The summed E-state index contributed by atoms with van der Waals surface area (Å²) >= 11 is 7.99. The lowest BCUT2D eigenvalue weighted by atomic mass is 10.1. The Kier molecular flexibility index (Phi) is 3.93. The van der Waals surface area contributed by atoms with Crippen LogP contribution in [0.4, 0.5) is 0 Å². The van der Waals surface area contributed by atoms with Gasteiger partial charge in [0.05, 0.1) is 5.02 Å². The minimum absolute atomic E-state index is 0.0494. The summed E-state index contributed by atoms with van der Waals surface area (Å²) in [6.07, 6.45) is 1.95. The fourth-order valence-electron chi connectivity index (χ4n) is 0.919. The molecule has 0 fully saturated rings. The number of rotatable bonds is 3. The van der Waals surface area contributed by atoms with Crippen LogP contribution in [0.1, 0.15) is 16.8 Å². The topological polar surface area (TPSA) is 17.1 Å². The molecule has 1 rings (SSSR count). The number of carbonyl (C=O) groups is 1. The van der Waals surface area contributed by atoms with Gasteiger partial charge in [-0.3, -0.25) is 4.79 Å². The standard InChI is InChI=1S/C10H8ClIO/c1-2-3-10(13)7-4-5-9(12)8(11)6-7/h2,4-6H,1,3H2. The second kappa shape index (κ2) is 4.77. The van der Waals surface area contributed by atoms with Crippen LogP contribution in [0.15, 0.2) is 30.9 Å². The van der Waals surface area contributed by atoms with E-state index in [-0.39, 0.29) is 5.78 Å². The molecule has 0 radical (unpaired) electrons. The van der Waals surface area contributed by atoms with E-state index in [1.165, 1.54) is 0 Å². The molecule has 0 spiro atoms. The molecular weight excluding hydrogens is 298 g/mol. The quantitative estimate of drug-likeness (QED) is 0.473. The number of hydrogen-bond acceptors (Lipinski definition) is 1. The summed E-state index contributed by atoms with van der Waals surface area (Å²) in [5.41, 5.74) is 0.644. The SMILES string of the molecule is C=CCC(=O)c1ccc(I)c(Cl)c1. The average molecular weight is 307 g/mol. The maximum absolute atomic E-state index is 11.4. The largest absolute Gasteiger partial charge is 0.294 e. The molecule has 0 bridgehead atoms. The Morgan fingerprint density at radius 3 is 2.85 bits per heavy atom. The van der Waals surface area contributed by atoms with Gasteiger partial charge in [0, 0.05) is 15.6 Å². The molecule has 0 aliphatic heterocycles. The van der Waals surface area contributed by atoms with Crippen molar-refractivity contribution in [3.05, 3.63) is 45.0 Å². The van der Waals surface area contributed by atoms with Crippen molar-refractivity contribution in [2.75, 3.05) is 0 Å². The van der Waals surface area contributed by atoms with E-state index < -0.39 is 0 Å². The Hall–Kier alpha value is -0.350. The summed E-state index contributed by atoms with van der Waals surface area (Å²) < 4.78 is 0.953. The molecule has 1 aromatic rings. The summed E-state index contributed by atoms with van der Waals surface area (Å²) in [4.78, 5) is 11.4. The Labute approximate surface area is 95.9 Å². The van der Waals surface area contributed by atoms with E-state index in [9.17, 15) is 4.79 Å². The first-order valence-electron chi connectivity index (χ1n) is 3.74. The van der Waals surface area contributed by atoms with Crippen LogP contribution in [0.2, 0.25) is 5.02 Å². The van der Waals surface area contributed by atoms with Gasteiger partial charge in [-0.2, -0.15) is 0 Å². The lowest BCUT2D eigenvalue weighted by molar-refractivity contribution is 0.0996. The molecule has 0 N–H and O–H groups in total. The van der Waals surface area contributed by atoms with Gasteiger partial charge in [-0.15, -0.1) is 6.58 Å². The zero-order chi connectivity index (χ0) is 9.84. The van der Waals surface area contributed by atoms with Gasteiger partial charge in [0.15, 0.2) is 5.78 Å². The monoisotopic (exact) mass is 306 g/mol. The van der Waals surface area contributed by atoms with Crippen LogP contribution in [0.5, 0.6) is 0 Å². The number of benzene rings is 1. The fourth-order valence-corrected chi connectivity index (χ4v) is 1.43. The van der Waals surface area contributed by atoms with E-state index in [2.05, 4.69) is 29.2 Å². The minimum atomic E-state index is 0.0494. The van der Waals surface area contributed by atoms with Crippen LogP contribution in [-0.2, 0) is 0 Å². The molecule has 0 amide bonds. The van der Waals surface area contributed by atoms with Crippen molar-refractivity contribution < 1.29 is 4.79 Å². The number of hydrogen-bond donors (Lipinski definition) is 0. The maximum atomic E-state index is 11.4. The van der Waals surface area contributed by atoms with Gasteiger partial charge in [0.1, 0.15) is 0 Å². The number of allylic oxidation sites excluding steroid dienone is 1. The lowest BCUT2D eigenvalue weighted by Crippen LogP contribution is -1.96. The highest BCUT2D eigenvalue weighted by Crippen LogP contribution is 2.20. The second-order valence-electron chi connectivity index (χ2n) is 2.54. The molecule has 0 saturated carbocycles. The highest BCUT2D eigenvalue weighted by molar-refractivity contribution is 14.1. The normalized spacial score (nSPS) is 9.69. The summed E-state index contributed by atoms with van der Waals surface area (Å²) in [5.74, 6) is 0.0494. The van der Waals surface area contributed by atoms with Crippen molar-refractivity contribution >= 4 is 40.0 Å². The smallest absolute Gasteiger partial charge is 0.166 e. The highest BCUT2D eigenvalue weighted by atomic mass is 127. The Balaban J connectivity index is 2.96. The van der Waals surface area contributed by atoms with Crippen LogP contribution in [0.25, 0.3) is 0 Å². The summed E-state index contributed by atoms with van der Waals surface area (Å²) in [6, 6.07) is 5.30. The molecule has 0 saturated heterocycles. The van der Waals surface area contributed by atoms with Crippen molar-refractivity contribution in [2.45, 2.75) is 6.42 Å². The fraction of sp³-hybridized carbons (Fsp3) is 0.100. The third-order valence-corrected chi connectivity index (χ3v) is 3.14. The second-order valence-corrected chi connectivity index (χ2v) is 4.11.